The number of rotatable bonds is 12. The van der Waals surface area contributed by atoms with E-state index in [0.717, 1.165) is 48.6 Å². The van der Waals surface area contributed by atoms with Crippen LogP contribution in [0.5, 0.6) is 11.5 Å². The molecule has 3 rings (SSSR count). The van der Waals surface area contributed by atoms with Crippen molar-refractivity contribution in [2.75, 3.05) is 0 Å². The Bertz CT molecular complexity index is 1430. The van der Waals surface area contributed by atoms with Crippen molar-refractivity contribution >= 4 is 11.9 Å². The van der Waals surface area contributed by atoms with Crippen molar-refractivity contribution in [1.82, 2.24) is 0 Å². The van der Waals surface area contributed by atoms with E-state index in [1.165, 1.54) is 12.1 Å². The fourth-order valence-electron chi connectivity index (χ4n) is 3.30. The lowest BCUT2D eigenvalue weighted by Gasteiger charge is -2.23. The second-order valence-electron chi connectivity index (χ2n) is 8.41. The van der Waals surface area contributed by atoms with Crippen molar-refractivity contribution < 1.29 is 59.3 Å². The Balaban J connectivity index is 0.00000254. The number of hydrogen-bond acceptors (Lipinski definition) is 6. The molecule has 0 saturated carbocycles. The summed E-state index contributed by atoms with van der Waals surface area (Å²) in [5, 5.41) is 0. The van der Waals surface area contributed by atoms with E-state index in [1.54, 1.807) is 0 Å². The summed E-state index contributed by atoms with van der Waals surface area (Å²) >= 11 is 0. The highest BCUT2D eigenvalue weighted by atomic mass is 19.4. The molecule has 3 aromatic carbocycles. The molecule has 250 valence electrons. The topological polar surface area (TPSA) is 71.1 Å². The van der Waals surface area contributed by atoms with Gasteiger partial charge in [0.05, 0.1) is 11.1 Å². The molecular formula is C33H33F7O6. The Hall–Kier alpha value is -4.81. The molecule has 0 saturated heterocycles. The second kappa shape index (κ2) is 17.6. The molecule has 0 atom stereocenters. The van der Waals surface area contributed by atoms with Gasteiger partial charge in [0.15, 0.2) is 0 Å². The lowest BCUT2D eigenvalue weighted by Crippen LogP contribution is -2.24. The third-order valence-corrected chi connectivity index (χ3v) is 5.42. The summed E-state index contributed by atoms with van der Waals surface area (Å²) in [5.74, 6) is -3.81. The minimum absolute atomic E-state index is 0.111. The Labute approximate surface area is 262 Å². The van der Waals surface area contributed by atoms with Gasteiger partial charge >= 0.3 is 30.3 Å². The smallest absolute Gasteiger partial charge is 0.426 e. The van der Waals surface area contributed by atoms with Crippen LogP contribution in [-0.2, 0) is 50.7 Å². The highest BCUT2D eigenvalue weighted by Gasteiger charge is 2.42. The maximum atomic E-state index is 14.8. The van der Waals surface area contributed by atoms with E-state index in [0.29, 0.717) is 23.3 Å². The van der Waals surface area contributed by atoms with E-state index in [-0.39, 0.29) is 19.3 Å². The minimum atomic E-state index is -5.29. The molecule has 13 heteroatoms. The molecule has 0 aliphatic rings. The predicted octanol–water partition coefficient (Wildman–Crippen LogP) is 9.47. The Morgan fingerprint density at radius 3 is 1.39 bits per heavy atom. The number of carbonyl (C=O) groups is 2. The largest absolute Gasteiger partial charge is 0.458 e. The SMILES string of the molecule is C=CC(=O)OCc1ccc(C(F)(F)Oc2ccc(OC(F)(F)c3ccc(COC(=O)C=C)cc3)c(C(F)(F)F)c2)cc1.CC.CC. The summed E-state index contributed by atoms with van der Waals surface area (Å²) in [5.41, 5.74) is -2.73. The normalized spacial score (nSPS) is 11.0. The van der Waals surface area contributed by atoms with Gasteiger partial charge in [0.25, 0.3) is 0 Å². The molecule has 46 heavy (non-hydrogen) atoms. The van der Waals surface area contributed by atoms with Crippen LogP contribution in [0.3, 0.4) is 0 Å². The van der Waals surface area contributed by atoms with Gasteiger partial charge in [-0.05, 0) is 53.6 Å². The summed E-state index contributed by atoms with van der Waals surface area (Å²) in [6.45, 7) is 13.9. The van der Waals surface area contributed by atoms with E-state index in [1.807, 2.05) is 27.7 Å². The van der Waals surface area contributed by atoms with E-state index in [2.05, 4.69) is 22.6 Å². The number of benzene rings is 3. The van der Waals surface area contributed by atoms with Crippen molar-refractivity contribution in [3.05, 3.63) is 120 Å². The monoisotopic (exact) mass is 658 g/mol. The molecule has 6 nitrogen and oxygen atoms in total. The zero-order valence-corrected chi connectivity index (χ0v) is 25.4. The van der Waals surface area contributed by atoms with Crippen molar-refractivity contribution in [3.8, 4) is 11.5 Å². The number of alkyl halides is 7. The van der Waals surface area contributed by atoms with Crippen LogP contribution in [0.15, 0.2) is 92.0 Å². The van der Waals surface area contributed by atoms with E-state index in [4.69, 9.17) is 9.47 Å². The number of carbonyl (C=O) groups excluding carboxylic acids is 2. The summed E-state index contributed by atoms with van der Waals surface area (Å²) in [7, 11) is 0. The number of esters is 2. The van der Waals surface area contributed by atoms with E-state index in [9.17, 15) is 40.3 Å². The summed E-state index contributed by atoms with van der Waals surface area (Å²) in [6.07, 6.45) is -11.9. The maximum Gasteiger partial charge on any atom is 0.426 e. The standard InChI is InChI=1S/C29H21F7O6.2C2H6/c1-3-25(37)39-16-18-5-9-20(10-6-18)28(33,34)41-22-13-14-24(23(15-22)27(30,31)32)42-29(35,36)21-11-7-19(8-12-21)17-40-26(38)4-2;2*1-2/h3-15H,1-2,16-17H2;2*1-2H3. The van der Waals surface area contributed by atoms with E-state index < -0.39 is 58.5 Å². The molecule has 0 unspecified atom stereocenters. The lowest BCUT2D eigenvalue weighted by atomic mass is 10.1. The van der Waals surface area contributed by atoms with Crippen LogP contribution in [0.25, 0.3) is 0 Å². The van der Waals surface area contributed by atoms with Gasteiger partial charge < -0.3 is 18.9 Å². The van der Waals surface area contributed by atoms with Crippen molar-refractivity contribution in [2.24, 2.45) is 0 Å². The molecule has 0 N–H and O–H groups in total. The fourth-order valence-corrected chi connectivity index (χ4v) is 3.30. The van der Waals surface area contributed by atoms with Crippen LogP contribution >= 0.6 is 0 Å². The molecule has 0 amide bonds. The number of halogens is 7. The van der Waals surface area contributed by atoms with Crippen LogP contribution in [0, 0.1) is 0 Å². The number of hydrogen-bond donors (Lipinski definition) is 0. The fraction of sp³-hybridized carbons (Fsp3) is 0.273. The van der Waals surface area contributed by atoms with Gasteiger partial charge in [0, 0.05) is 12.2 Å². The molecular weight excluding hydrogens is 625 g/mol. The molecule has 0 radical (unpaired) electrons. The average molecular weight is 659 g/mol. The summed E-state index contributed by atoms with van der Waals surface area (Å²) in [4.78, 5) is 22.2. The Kier molecular flexibility index (Phi) is 15.0. The van der Waals surface area contributed by atoms with Crippen LogP contribution < -0.4 is 9.47 Å². The minimum Gasteiger partial charge on any atom is -0.458 e. The first-order chi connectivity index (χ1) is 21.6. The number of ether oxygens (including phenoxy) is 4. The van der Waals surface area contributed by atoms with Crippen LogP contribution in [-0.4, -0.2) is 11.9 Å². The Morgan fingerprint density at radius 2 is 1.02 bits per heavy atom. The molecule has 0 aliphatic carbocycles. The summed E-state index contributed by atoms with van der Waals surface area (Å²) < 4.78 is 119. The molecule has 0 aromatic heterocycles. The van der Waals surface area contributed by atoms with Gasteiger partial charge in [0.2, 0.25) is 0 Å². The third kappa shape index (κ3) is 11.6. The first-order valence-electron chi connectivity index (χ1n) is 13.8. The van der Waals surface area contributed by atoms with Crippen LogP contribution in [0.1, 0.15) is 55.5 Å². The van der Waals surface area contributed by atoms with Gasteiger partial charge in [-0.2, -0.15) is 30.7 Å². The third-order valence-electron chi connectivity index (χ3n) is 5.42. The molecule has 0 heterocycles. The predicted molar refractivity (Wildman–Crippen MR) is 156 cm³/mol. The zero-order valence-electron chi connectivity index (χ0n) is 25.4. The first-order valence-corrected chi connectivity index (χ1v) is 13.8. The molecule has 3 aromatic rings. The first kappa shape index (κ1) is 39.2. The quantitative estimate of drug-likeness (QED) is 0.110. The van der Waals surface area contributed by atoms with Crippen LogP contribution in [0.2, 0.25) is 0 Å². The zero-order chi connectivity index (χ0) is 35.1. The lowest BCUT2D eigenvalue weighted by molar-refractivity contribution is -0.193. The van der Waals surface area contributed by atoms with Crippen molar-refractivity contribution in [2.45, 2.75) is 59.3 Å². The van der Waals surface area contributed by atoms with Gasteiger partial charge in [-0.1, -0.05) is 65.1 Å². The molecule has 0 bridgehead atoms. The maximum absolute atomic E-state index is 14.8. The van der Waals surface area contributed by atoms with Crippen LogP contribution in [0.4, 0.5) is 30.7 Å². The highest BCUT2D eigenvalue weighted by Crippen LogP contribution is 2.43. The van der Waals surface area contributed by atoms with Crippen molar-refractivity contribution in [1.29, 1.82) is 0 Å². The molecule has 0 aliphatic heterocycles. The Morgan fingerprint density at radius 1 is 0.630 bits per heavy atom. The van der Waals surface area contributed by atoms with Gasteiger partial charge in [-0.15, -0.1) is 0 Å². The molecule has 0 spiro atoms. The van der Waals surface area contributed by atoms with Gasteiger partial charge in [-0.25, -0.2) is 9.59 Å². The van der Waals surface area contributed by atoms with Crippen molar-refractivity contribution in [3.63, 3.8) is 0 Å². The molecule has 0 fully saturated rings. The highest BCUT2D eigenvalue weighted by molar-refractivity contribution is 5.81. The van der Waals surface area contributed by atoms with Gasteiger partial charge in [-0.3, -0.25) is 0 Å². The average Bonchev–Trinajstić information content (AvgIpc) is 3.04. The second-order valence-corrected chi connectivity index (χ2v) is 8.41. The summed E-state index contributed by atoms with van der Waals surface area (Å²) in [6, 6.07) is 9.36. The van der Waals surface area contributed by atoms with Gasteiger partial charge in [0.1, 0.15) is 30.3 Å². The van der Waals surface area contributed by atoms with E-state index >= 15 is 0 Å².